The average molecular weight is 620 g/mol. The van der Waals surface area contributed by atoms with Crippen LogP contribution in [0.4, 0.5) is 23.2 Å². The number of aliphatic carboxylic acids is 1. The Kier molecular flexibility index (Phi) is 11.0. The lowest BCUT2D eigenvalue weighted by Gasteiger charge is -2.24. The topological polar surface area (TPSA) is 151 Å². The van der Waals surface area contributed by atoms with Crippen LogP contribution in [-0.2, 0) is 24.0 Å². The van der Waals surface area contributed by atoms with E-state index in [2.05, 4.69) is 36.6 Å². The largest absolute Gasteiger partial charge is 0.481 e. The number of carbonyl (C=O) groups is 5. The number of benzene rings is 2. The minimum absolute atomic E-state index is 0.0771. The third-order valence-corrected chi connectivity index (χ3v) is 5.59. The van der Waals surface area contributed by atoms with Gasteiger partial charge in [0.05, 0.1) is 6.42 Å². The van der Waals surface area contributed by atoms with E-state index >= 15 is 0 Å². The summed E-state index contributed by atoms with van der Waals surface area (Å²) in [6.07, 6.45) is -1.01. The molecule has 2 atom stereocenters. The Labute approximate surface area is 227 Å². The molecule has 2 rings (SSSR count). The predicted octanol–water partition coefficient (Wildman–Crippen LogP) is 2.69. The molecule has 0 aromatic heterocycles. The first-order valence-corrected chi connectivity index (χ1v) is 11.9. The number of amides is 3. The second-order valence-electron chi connectivity index (χ2n) is 8.37. The minimum atomic E-state index is -1.93. The summed E-state index contributed by atoms with van der Waals surface area (Å²) in [5.74, 6) is -15.9. The number of carbonyl (C=O) groups excluding carboxylic acids is 4. The summed E-state index contributed by atoms with van der Waals surface area (Å²) in [5, 5.41) is 15.7. The van der Waals surface area contributed by atoms with Gasteiger partial charge in [0, 0.05) is 16.2 Å². The predicted molar refractivity (Wildman–Crippen MR) is 130 cm³/mol. The van der Waals surface area contributed by atoms with Crippen molar-refractivity contribution in [1.29, 1.82) is 0 Å². The Bertz CT molecular complexity index is 1250. The second kappa shape index (κ2) is 13.7. The van der Waals surface area contributed by atoms with Crippen LogP contribution in [-0.4, -0.2) is 53.3 Å². The van der Waals surface area contributed by atoms with Crippen LogP contribution in [0, 0.1) is 29.2 Å². The van der Waals surface area contributed by atoms with E-state index in [0.717, 1.165) is 4.47 Å². The van der Waals surface area contributed by atoms with Crippen molar-refractivity contribution in [3.63, 3.8) is 0 Å². The summed E-state index contributed by atoms with van der Waals surface area (Å²) in [6, 6.07) is 2.87. The minimum Gasteiger partial charge on any atom is -0.481 e. The molecule has 0 spiro atoms. The van der Waals surface area contributed by atoms with Gasteiger partial charge in [0.1, 0.15) is 18.7 Å². The highest BCUT2D eigenvalue weighted by atomic mass is 79.9. The fraction of sp³-hybridized carbons (Fsp3) is 0.292. The molecule has 210 valence electrons. The van der Waals surface area contributed by atoms with E-state index in [1.165, 1.54) is 26.0 Å². The van der Waals surface area contributed by atoms with Gasteiger partial charge < -0.3 is 25.8 Å². The quantitative estimate of drug-likeness (QED) is 0.171. The van der Waals surface area contributed by atoms with Crippen LogP contribution in [0.5, 0.6) is 5.75 Å². The number of hydrogen-bond donors (Lipinski definition) is 4. The summed E-state index contributed by atoms with van der Waals surface area (Å²) in [4.78, 5) is 61.3. The highest BCUT2D eigenvalue weighted by Gasteiger charge is 2.32. The van der Waals surface area contributed by atoms with Crippen molar-refractivity contribution < 1.29 is 51.4 Å². The van der Waals surface area contributed by atoms with Crippen LogP contribution in [0.3, 0.4) is 0 Å². The molecule has 10 nitrogen and oxygen atoms in total. The number of Topliss-reactive ketones (excluding diaryl/α,β-unsaturated/α-hetero) is 1. The number of hydrogen-bond acceptors (Lipinski definition) is 6. The Hall–Kier alpha value is -4.01. The van der Waals surface area contributed by atoms with E-state index in [1.54, 1.807) is 12.1 Å². The standard InChI is InChI=1S/C24H22BrF4N3O7/c1-10(2)20(32-24(38)23(37)30-12-5-3-11(25)4-6-12)22(36)31-15(8-17(34)35)16(33)9-39-21-18(28)13(26)7-14(27)19(21)29/h3-7,10,15,20H,8-9H2,1-2H3,(H,30,37)(H,31,36)(H,32,38)(H,34,35)/t15-,20-/m0/s1. The summed E-state index contributed by atoms with van der Waals surface area (Å²) < 4.78 is 59.6. The van der Waals surface area contributed by atoms with Gasteiger partial charge in [-0.3, -0.25) is 24.0 Å². The number of rotatable bonds is 11. The van der Waals surface area contributed by atoms with Crippen LogP contribution >= 0.6 is 15.9 Å². The third-order valence-electron chi connectivity index (χ3n) is 5.06. The van der Waals surface area contributed by atoms with Gasteiger partial charge in [-0.1, -0.05) is 29.8 Å². The van der Waals surface area contributed by atoms with Gasteiger partial charge >= 0.3 is 17.8 Å². The van der Waals surface area contributed by atoms with E-state index in [-0.39, 0.29) is 11.8 Å². The molecule has 0 aliphatic carbocycles. The molecule has 0 unspecified atom stereocenters. The number of ketones is 1. The average Bonchev–Trinajstić information content (AvgIpc) is 2.86. The lowest BCUT2D eigenvalue weighted by atomic mass is 10.0. The molecular weight excluding hydrogens is 598 g/mol. The Morgan fingerprint density at radius 3 is 2.00 bits per heavy atom. The maximum atomic E-state index is 13.8. The molecule has 0 fully saturated rings. The van der Waals surface area contributed by atoms with E-state index in [9.17, 15) is 41.5 Å². The third kappa shape index (κ3) is 8.77. The van der Waals surface area contributed by atoms with Crippen molar-refractivity contribution >= 4 is 51.1 Å². The lowest BCUT2D eigenvalue weighted by molar-refractivity contribution is -0.141. The van der Waals surface area contributed by atoms with E-state index in [0.29, 0.717) is 0 Å². The molecule has 4 N–H and O–H groups in total. The van der Waals surface area contributed by atoms with Gasteiger partial charge in [-0.15, -0.1) is 0 Å². The van der Waals surface area contributed by atoms with Crippen molar-refractivity contribution in [2.75, 3.05) is 11.9 Å². The van der Waals surface area contributed by atoms with Crippen molar-refractivity contribution in [3.05, 3.63) is 58.1 Å². The summed E-state index contributed by atoms with van der Waals surface area (Å²) in [6.45, 7) is 1.69. The van der Waals surface area contributed by atoms with Gasteiger partial charge in [-0.25, -0.2) is 8.78 Å². The molecule has 0 aliphatic rings. The van der Waals surface area contributed by atoms with Crippen LogP contribution in [0.25, 0.3) is 0 Å². The smallest absolute Gasteiger partial charge is 0.313 e. The zero-order valence-corrected chi connectivity index (χ0v) is 21.9. The SMILES string of the molecule is CC(C)[C@H](NC(=O)C(=O)Nc1ccc(Br)cc1)C(=O)N[C@@H](CC(=O)O)C(=O)COc1c(F)c(F)cc(F)c1F. The number of ether oxygens (including phenoxy) is 1. The molecule has 39 heavy (non-hydrogen) atoms. The molecule has 3 amide bonds. The van der Waals surface area contributed by atoms with Crippen molar-refractivity contribution in [1.82, 2.24) is 10.6 Å². The Morgan fingerprint density at radius 1 is 0.923 bits per heavy atom. The van der Waals surface area contributed by atoms with Crippen LogP contribution in [0.2, 0.25) is 0 Å². The normalized spacial score (nSPS) is 12.3. The first kappa shape index (κ1) is 31.2. The van der Waals surface area contributed by atoms with Crippen molar-refractivity contribution in [3.8, 4) is 5.75 Å². The summed E-state index contributed by atoms with van der Waals surface area (Å²) >= 11 is 3.21. The number of anilines is 1. The number of carboxylic acid groups (broad SMARTS) is 1. The maximum absolute atomic E-state index is 13.8. The first-order chi connectivity index (χ1) is 18.2. The van der Waals surface area contributed by atoms with Gasteiger partial charge in [0.15, 0.2) is 23.2 Å². The highest BCUT2D eigenvalue weighted by molar-refractivity contribution is 9.10. The van der Waals surface area contributed by atoms with Gasteiger partial charge in [0.25, 0.3) is 0 Å². The fourth-order valence-electron chi connectivity index (χ4n) is 3.07. The van der Waals surface area contributed by atoms with E-state index < -0.39 is 89.5 Å². The zero-order valence-electron chi connectivity index (χ0n) is 20.3. The molecule has 15 heteroatoms. The molecule has 0 bridgehead atoms. The van der Waals surface area contributed by atoms with Crippen LogP contribution in [0.1, 0.15) is 20.3 Å². The lowest BCUT2D eigenvalue weighted by Crippen LogP contribution is -2.56. The first-order valence-electron chi connectivity index (χ1n) is 11.1. The molecule has 0 saturated carbocycles. The molecule has 0 heterocycles. The van der Waals surface area contributed by atoms with Crippen molar-refractivity contribution in [2.24, 2.45) is 5.92 Å². The second-order valence-corrected chi connectivity index (χ2v) is 9.28. The molecule has 0 radical (unpaired) electrons. The number of carboxylic acids is 1. The monoisotopic (exact) mass is 619 g/mol. The number of halogens is 5. The maximum Gasteiger partial charge on any atom is 0.313 e. The van der Waals surface area contributed by atoms with Crippen LogP contribution in [0.15, 0.2) is 34.8 Å². The molecule has 0 saturated heterocycles. The summed E-state index contributed by atoms with van der Waals surface area (Å²) in [7, 11) is 0. The molecule has 0 aliphatic heterocycles. The Morgan fingerprint density at radius 2 is 1.49 bits per heavy atom. The van der Waals surface area contributed by atoms with Gasteiger partial charge in [0.2, 0.25) is 17.5 Å². The van der Waals surface area contributed by atoms with Gasteiger partial charge in [-0.05, 0) is 30.2 Å². The van der Waals surface area contributed by atoms with E-state index in [4.69, 9.17) is 5.11 Å². The van der Waals surface area contributed by atoms with Crippen molar-refractivity contribution in [2.45, 2.75) is 32.4 Å². The fourth-order valence-corrected chi connectivity index (χ4v) is 3.33. The van der Waals surface area contributed by atoms with E-state index in [1.807, 2.05) is 0 Å². The molecule has 2 aromatic rings. The van der Waals surface area contributed by atoms with Gasteiger partial charge in [-0.2, -0.15) is 8.78 Å². The zero-order chi connectivity index (χ0) is 29.4. The summed E-state index contributed by atoms with van der Waals surface area (Å²) in [5.41, 5.74) is 0.280. The molecule has 2 aromatic carbocycles. The number of nitrogens with one attached hydrogen (secondary N) is 3. The Balaban J connectivity index is 2.11. The van der Waals surface area contributed by atoms with Crippen LogP contribution < -0.4 is 20.7 Å². The molecular formula is C24H22BrF4N3O7. The highest BCUT2D eigenvalue weighted by Crippen LogP contribution is 2.26.